The normalized spacial score (nSPS) is 11.4. The van der Waals surface area contributed by atoms with Crippen LogP contribution in [0.5, 0.6) is 0 Å². The van der Waals surface area contributed by atoms with E-state index in [4.69, 9.17) is 0 Å². The smallest absolute Gasteiger partial charge is 0.105 e. The van der Waals surface area contributed by atoms with Gasteiger partial charge < -0.3 is 9.88 Å². The quantitative estimate of drug-likeness (QED) is 0.724. The lowest BCUT2D eigenvalue weighted by Gasteiger charge is -2.11. The van der Waals surface area contributed by atoms with Crippen LogP contribution in [0.2, 0.25) is 0 Å². The molecule has 0 saturated heterocycles. The predicted octanol–water partition coefficient (Wildman–Crippen LogP) is 2.69. The lowest BCUT2D eigenvalue weighted by Crippen LogP contribution is -2.21. The second-order valence-electron chi connectivity index (χ2n) is 4.82. The van der Waals surface area contributed by atoms with Crippen LogP contribution in [0.15, 0.2) is 6.20 Å². The number of thioether (sulfide) groups is 1. The average molecular weight is 255 g/mol. The first-order chi connectivity index (χ1) is 8.15. The average Bonchev–Trinajstić information content (AvgIpc) is 2.61. The number of nitrogens with one attached hydrogen (secondary N) is 1. The van der Waals surface area contributed by atoms with Crippen LogP contribution in [-0.2, 0) is 13.1 Å². The minimum Gasteiger partial charge on any atom is -0.331 e. The number of rotatable bonds is 8. The fourth-order valence-electron chi connectivity index (χ4n) is 1.82. The Bertz CT molecular complexity index is 320. The predicted molar refractivity (Wildman–Crippen MR) is 76.5 cm³/mol. The van der Waals surface area contributed by atoms with Crippen molar-refractivity contribution < 1.29 is 0 Å². The summed E-state index contributed by atoms with van der Waals surface area (Å²) in [6.45, 7) is 9.63. The van der Waals surface area contributed by atoms with Gasteiger partial charge in [0.15, 0.2) is 0 Å². The van der Waals surface area contributed by atoms with Crippen LogP contribution in [0.4, 0.5) is 0 Å². The molecule has 1 heterocycles. The van der Waals surface area contributed by atoms with Crippen LogP contribution in [0.3, 0.4) is 0 Å². The maximum atomic E-state index is 4.41. The van der Waals surface area contributed by atoms with E-state index in [9.17, 15) is 0 Å². The summed E-state index contributed by atoms with van der Waals surface area (Å²) >= 11 is 1.91. The molecule has 1 rings (SSSR count). The molecule has 0 atom stereocenters. The Morgan fingerprint density at radius 1 is 1.47 bits per heavy atom. The molecule has 0 unspecified atom stereocenters. The molecule has 17 heavy (non-hydrogen) atoms. The number of nitrogens with zero attached hydrogens (tertiary/aromatic N) is 2. The molecule has 0 saturated carbocycles. The van der Waals surface area contributed by atoms with Gasteiger partial charge in [0.1, 0.15) is 5.82 Å². The van der Waals surface area contributed by atoms with Crippen LogP contribution in [0, 0.1) is 12.8 Å². The van der Waals surface area contributed by atoms with Gasteiger partial charge in [-0.1, -0.05) is 13.8 Å². The fraction of sp³-hybridized carbons (Fsp3) is 0.769. The Labute approximate surface area is 109 Å². The van der Waals surface area contributed by atoms with Crippen molar-refractivity contribution in [2.24, 2.45) is 5.92 Å². The zero-order valence-electron chi connectivity index (χ0n) is 11.5. The standard InChI is InChI=1S/C13H25N3S/c1-11(2)8-14-9-13-10-15-12(3)16(13)6-5-7-17-4/h10-11,14H,5-9H2,1-4H3. The summed E-state index contributed by atoms with van der Waals surface area (Å²) in [5.41, 5.74) is 1.31. The zero-order chi connectivity index (χ0) is 12.7. The van der Waals surface area contributed by atoms with E-state index in [2.05, 4.69) is 41.9 Å². The molecule has 3 nitrogen and oxygen atoms in total. The summed E-state index contributed by atoms with van der Waals surface area (Å²) in [5.74, 6) is 3.05. The maximum Gasteiger partial charge on any atom is 0.105 e. The van der Waals surface area contributed by atoms with E-state index in [0.29, 0.717) is 5.92 Å². The number of aromatic nitrogens is 2. The van der Waals surface area contributed by atoms with Crippen molar-refractivity contribution in [3.05, 3.63) is 17.7 Å². The first kappa shape index (κ1) is 14.6. The van der Waals surface area contributed by atoms with Crippen LogP contribution in [0.25, 0.3) is 0 Å². The number of aryl methyl sites for hydroxylation is 1. The molecule has 0 aliphatic carbocycles. The van der Waals surface area contributed by atoms with E-state index < -0.39 is 0 Å². The summed E-state index contributed by atoms with van der Waals surface area (Å²) in [5, 5.41) is 3.48. The first-order valence-electron chi connectivity index (χ1n) is 6.35. The van der Waals surface area contributed by atoms with Crippen molar-refractivity contribution in [2.45, 2.75) is 40.3 Å². The number of hydrogen-bond acceptors (Lipinski definition) is 3. The van der Waals surface area contributed by atoms with Crippen LogP contribution >= 0.6 is 11.8 Å². The molecule has 1 N–H and O–H groups in total. The van der Waals surface area contributed by atoms with E-state index in [-0.39, 0.29) is 0 Å². The third kappa shape index (κ3) is 5.13. The monoisotopic (exact) mass is 255 g/mol. The Morgan fingerprint density at radius 3 is 2.88 bits per heavy atom. The van der Waals surface area contributed by atoms with Gasteiger partial charge >= 0.3 is 0 Å². The maximum absolute atomic E-state index is 4.41. The van der Waals surface area contributed by atoms with E-state index in [1.54, 1.807) is 0 Å². The molecule has 0 radical (unpaired) electrons. The minimum absolute atomic E-state index is 0.698. The number of hydrogen-bond donors (Lipinski definition) is 1. The van der Waals surface area contributed by atoms with Crippen molar-refractivity contribution in [1.29, 1.82) is 0 Å². The highest BCUT2D eigenvalue weighted by molar-refractivity contribution is 7.98. The highest BCUT2D eigenvalue weighted by Gasteiger charge is 2.06. The Morgan fingerprint density at radius 2 is 2.24 bits per heavy atom. The van der Waals surface area contributed by atoms with Crippen molar-refractivity contribution in [1.82, 2.24) is 14.9 Å². The molecule has 1 aromatic rings. The molecule has 0 bridgehead atoms. The SMILES string of the molecule is CSCCCn1c(CNCC(C)C)cnc1C. The Balaban J connectivity index is 2.47. The first-order valence-corrected chi connectivity index (χ1v) is 7.75. The lowest BCUT2D eigenvalue weighted by atomic mass is 10.2. The molecule has 98 valence electrons. The molecular formula is C13H25N3S. The second-order valence-corrected chi connectivity index (χ2v) is 5.81. The third-order valence-corrected chi connectivity index (χ3v) is 3.42. The zero-order valence-corrected chi connectivity index (χ0v) is 12.3. The van der Waals surface area contributed by atoms with Gasteiger partial charge in [-0.2, -0.15) is 11.8 Å². The van der Waals surface area contributed by atoms with Crippen LogP contribution < -0.4 is 5.32 Å². The largest absolute Gasteiger partial charge is 0.331 e. The van der Waals surface area contributed by atoms with Crippen molar-refractivity contribution in [2.75, 3.05) is 18.6 Å². The lowest BCUT2D eigenvalue weighted by molar-refractivity contribution is 0.530. The molecule has 0 amide bonds. The molecule has 0 aliphatic heterocycles. The summed E-state index contributed by atoms with van der Waals surface area (Å²) in [6.07, 6.45) is 5.38. The van der Waals surface area contributed by atoms with E-state index in [0.717, 1.165) is 25.5 Å². The van der Waals surface area contributed by atoms with Gasteiger partial charge in [0, 0.05) is 19.3 Å². The van der Waals surface area contributed by atoms with E-state index >= 15 is 0 Å². The fourth-order valence-corrected chi connectivity index (χ4v) is 2.24. The minimum atomic E-state index is 0.698. The van der Waals surface area contributed by atoms with Gasteiger partial charge in [-0.3, -0.25) is 0 Å². The summed E-state index contributed by atoms with van der Waals surface area (Å²) in [6, 6.07) is 0. The summed E-state index contributed by atoms with van der Waals surface area (Å²) in [7, 11) is 0. The molecule has 1 aromatic heterocycles. The van der Waals surface area contributed by atoms with Gasteiger partial charge in [0.05, 0.1) is 5.69 Å². The second kappa shape index (κ2) is 7.77. The molecule has 0 fully saturated rings. The van der Waals surface area contributed by atoms with Gasteiger partial charge in [0.25, 0.3) is 0 Å². The molecule has 0 aliphatic rings. The Kier molecular flexibility index (Phi) is 6.66. The molecule has 0 spiro atoms. The summed E-state index contributed by atoms with van der Waals surface area (Å²) < 4.78 is 2.34. The van der Waals surface area contributed by atoms with Crippen LogP contribution in [-0.4, -0.2) is 28.1 Å². The molecule has 0 aromatic carbocycles. The van der Waals surface area contributed by atoms with Gasteiger partial charge in [-0.05, 0) is 37.8 Å². The molecular weight excluding hydrogens is 230 g/mol. The van der Waals surface area contributed by atoms with Crippen molar-refractivity contribution >= 4 is 11.8 Å². The van der Waals surface area contributed by atoms with Crippen molar-refractivity contribution in [3.63, 3.8) is 0 Å². The number of imidazole rings is 1. The Hall–Kier alpha value is -0.480. The van der Waals surface area contributed by atoms with Gasteiger partial charge in [-0.25, -0.2) is 4.98 Å². The topological polar surface area (TPSA) is 29.9 Å². The summed E-state index contributed by atoms with van der Waals surface area (Å²) in [4.78, 5) is 4.41. The highest BCUT2D eigenvalue weighted by atomic mass is 32.2. The highest BCUT2D eigenvalue weighted by Crippen LogP contribution is 2.07. The van der Waals surface area contributed by atoms with Gasteiger partial charge in [-0.15, -0.1) is 0 Å². The van der Waals surface area contributed by atoms with Gasteiger partial charge in [0.2, 0.25) is 0 Å². The van der Waals surface area contributed by atoms with Crippen LogP contribution in [0.1, 0.15) is 31.8 Å². The third-order valence-electron chi connectivity index (χ3n) is 2.73. The van der Waals surface area contributed by atoms with E-state index in [1.807, 2.05) is 18.0 Å². The molecule has 4 heteroatoms. The van der Waals surface area contributed by atoms with Crippen molar-refractivity contribution in [3.8, 4) is 0 Å². The van der Waals surface area contributed by atoms with E-state index in [1.165, 1.54) is 17.9 Å².